The van der Waals surface area contributed by atoms with E-state index in [0.717, 1.165) is 12.5 Å². The molecule has 1 aliphatic carbocycles. The number of rotatable bonds is 3. The molecule has 0 bridgehead atoms. The molecule has 1 atom stereocenters. The van der Waals surface area contributed by atoms with Gasteiger partial charge in [-0.15, -0.1) is 0 Å². The van der Waals surface area contributed by atoms with Crippen LogP contribution in [-0.2, 0) is 4.74 Å². The van der Waals surface area contributed by atoms with Gasteiger partial charge in [-0.05, 0) is 51.1 Å². The Kier molecular flexibility index (Phi) is 4.94. The molecule has 0 spiro atoms. The highest BCUT2D eigenvalue weighted by molar-refractivity contribution is 4.69. The second-order valence-electron chi connectivity index (χ2n) is 5.14. The van der Waals surface area contributed by atoms with Gasteiger partial charge in [0, 0.05) is 6.61 Å². The molecule has 0 aromatic carbocycles. The first-order chi connectivity index (χ1) is 7.45. The van der Waals surface area contributed by atoms with Crippen LogP contribution in [0.1, 0.15) is 51.4 Å². The van der Waals surface area contributed by atoms with E-state index in [1.807, 2.05) is 0 Å². The Morgan fingerprint density at radius 3 is 2.60 bits per heavy atom. The van der Waals surface area contributed by atoms with Crippen molar-refractivity contribution in [1.82, 2.24) is 5.32 Å². The van der Waals surface area contributed by atoms with Crippen molar-refractivity contribution in [2.45, 2.75) is 57.5 Å². The summed E-state index contributed by atoms with van der Waals surface area (Å²) in [6, 6.07) is 0. The maximum Gasteiger partial charge on any atom is 0.0575 e. The average molecular weight is 211 g/mol. The third kappa shape index (κ3) is 4.12. The van der Waals surface area contributed by atoms with Crippen molar-refractivity contribution in [2.75, 3.05) is 19.7 Å². The first-order valence-corrected chi connectivity index (χ1v) is 6.77. The molecular weight excluding hydrogens is 186 g/mol. The van der Waals surface area contributed by atoms with Crippen LogP contribution in [0, 0.1) is 5.92 Å². The maximum atomic E-state index is 6.05. The fourth-order valence-corrected chi connectivity index (χ4v) is 2.76. The SMILES string of the molecule is C1CCC(OCC2CCCNCC2)CC1. The summed E-state index contributed by atoms with van der Waals surface area (Å²) in [7, 11) is 0. The molecule has 0 aromatic rings. The Morgan fingerprint density at radius 2 is 1.73 bits per heavy atom. The monoisotopic (exact) mass is 211 g/mol. The molecule has 2 rings (SSSR count). The molecule has 2 aliphatic rings. The zero-order valence-electron chi connectivity index (χ0n) is 9.84. The smallest absolute Gasteiger partial charge is 0.0575 e. The average Bonchev–Trinajstić information content (AvgIpc) is 2.56. The molecule has 0 radical (unpaired) electrons. The predicted octanol–water partition coefficient (Wildman–Crippen LogP) is 2.73. The highest BCUT2D eigenvalue weighted by Crippen LogP contribution is 2.22. The lowest BCUT2D eigenvalue weighted by Gasteiger charge is -2.24. The van der Waals surface area contributed by atoms with E-state index in [2.05, 4.69) is 5.32 Å². The Balaban J connectivity index is 1.62. The van der Waals surface area contributed by atoms with Crippen LogP contribution in [0.2, 0.25) is 0 Å². The van der Waals surface area contributed by atoms with Crippen LogP contribution in [-0.4, -0.2) is 25.8 Å². The first kappa shape index (κ1) is 11.4. The quantitative estimate of drug-likeness (QED) is 0.775. The molecule has 2 fully saturated rings. The van der Waals surface area contributed by atoms with Crippen LogP contribution in [0.15, 0.2) is 0 Å². The summed E-state index contributed by atoms with van der Waals surface area (Å²) in [5.74, 6) is 0.821. The summed E-state index contributed by atoms with van der Waals surface area (Å²) in [6.45, 7) is 3.42. The minimum Gasteiger partial charge on any atom is -0.378 e. The van der Waals surface area contributed by atoms with E-state index in [4.69, 9.17) is 4.74 Å². The molecule has 1 saturated carbocycles. The molecule has 1 unspecified atom stereocenters. The summed E-state index contributed by atoms with van der Waals surface area (Å²) >= 11 is 0. The summed E-state index contributed by atoms with van der Waals surface area (Å²) in [4.78, 5) is 0. The lowest BCUT2D eigenvalue weighted by Crippen LogP contribution is -2.21. The second-order valence-corrected chi connectivity index (χ2v) is 5.14. The van der Waals surface area contributed by atoms with Gasteiger partial charge in [0.25, 0.3) is 0 Å². The molecule has 88 valence electrons. The van der Waals surface area contributed by atoms with Gasteiger partial charge < -0.3 is 10.1 Å². The lowest BCUT2D eigenvalue weighted by molar-refractivity contribution is 0.00573. The van der Waals surface area contributed by atoms with Crippen molar-refractivity contribution in [3.8, 4) is 0 Å². The van der Waals surface area contributed by atoms with Gasteiger partial charge in [-0.3, -0.25) is 0 Å². The van der Waals surface area contributed by atoms with Gasteiger partial charge in [0.1, 0.15) is 0 Å². The van der Waals surface area contributed by atoms with Crippen LogP contribution < -0.4 is 5.32 Å². The van der Waals surface area contributed by atoms with Gasteiger partial charge >= 0.3 is 0 Å². The first-order valence-electron chi connectivity index (χ1n) is 6.77. The standard InChI is InChI=1S/C13H25NO/c1-2-6-13(7-3-1)15-11-12-5-4-9-14-10-8-12/h12-14H,1-11H2. The topological polar surface area (TPSA) is 21.3 Å². The number of ether oxygens (including phenoxy) is 1. The van der Waals surface area contributed by atoms with E-state index in [9.17, 15) is 0 Å². The van der Waals surface area contributed by atoms with Crippen LogP contribution in [0.5, 0.6) is 0 Å². The molecule has 1 N–H and O–H groups in total. The van der Waals surface area contributed by atoms with Gasteiger partial charge in [0.05, 0.1) is 6.10 Å². The Labute approximate surface area is 93.8 Å². The van der Waals surface area contributed by atoms with E-state index in [0.29, 0.717) is 6.10 Å². The number of hydrogen-bond acceptors (Lipinski definition) is 2. The Morgan fingerprint density at radius 1 is 0.867 bits per heavy atom. The van der Waals surface area contributed by atoms with E-state index < -0.39 is 0 Å². The predicted molar refractivity (Wildman–Crippen MR) is 63.0 cm³/mol. The van der Waals surface area contributed by atoms with Crippen LogP contribution in [0.25, 0.3) is 0 Å². The second kappa shape index (κ2) is 6.49. The summed E-state index contributed by atoms with van der Waals surface area (Å²) in [6.07, 6.45) is 11.4. The van der Waals surface area contributed by atoms with Gasteiger partial charge in [-0.1, -0.05) is 19.3 Å². The molecule has 0 amide bonds. The van der Waals surface area contributed by atoms with Crippen molar-refractivity contribution in [3.05, 3.63) is 0 Å². The molecular formula is C13H25NO. The van der Waals surface area contributed by atoms with E-state index in [1.54, 1.807) is 0 Å². The molecule has 2 nitrogen and oxygen atoms in total. The zero-order chi connectivity index (χ0) is 10.3. The summed E-state index contributed by atoms with van der Waals surface area (Å²) in [5.41, 5.74) is 0. The summed E-state index contributed by atoms with van der Waals surface area (Å²) in [5, 5.41) is 3.46. The van der Waals surface area contributed by atoms with Crippen LogP contribution in [0.4, 0.5) is 0 Å². The van der Waals surface area contributed by atoms with E-state index >= 15 is 0 Å². The lowest BCUT2D eigenvalue weighted by atomic mass is 9.97. The van der Waals surface area contributed by atoms with Crippen molar-refractivity contribution < 1.29 is 4.74 Å². The fraction of sp³-hybridized carbons (Fsp3) is 1.00. The third-order valence-electron chi connectivity index (χ3n) is 3.82. The van der Waals surface area contributed by atoms with Gasteiger partial charge in [0.2, 0.25) is 0 Å². The van der Waals surface area contributed by atoms with Crippen molar-refractivity contribution >= 4 is 0 Å². The minimum absolute atomic E-state index is 0.593. The van der Waals surface area contributed by atoms with Crippen LogP contribution >= 0.6 is 0 Å². The third-order valence-corrected chi connectivity index (χ3v) is 3.82. The number of hydrogen-bond donors (Lipinski definition) is 1. The van der Waals surface area contributed by atoms with E-state index in [-0.39, 0.29) is 0 Å². The van der Waals surface area contributed by atoms with Crippen LogP contribution in [0.3, 0.4) is 0 Å². The highest BCUT2D eigenvalue weighted by atomic mass is 16.5. The van der Waals surface area contributed by atoms with Gasteiger partial charge in [0.15, 0.2) is 0 Å². The molecule has 1 heterocycles. The maximum absolute atomic E-state index is 6.05. The van der Waals surface area contributed by atoms with Crippen molar-refractivity contribution in [2.24, 2.45) is 5.92 Å². The molecule has 15 heavy (non-hydrogen) atoms. The van der Waals surface area contributed by atoms with Crippen molar-refractivity contribution in [3.63, 3.8) is 0 Å². The Hall–Kier alpha value is -0.0800. The van der Waals surface area contributed by atoms with Crippen molar-refractivity contribution in [1.29, 1.82) is 0 Å². The molecule has 2 heteroatoms. The largest absolute Gasteiger partial charge is 0.378 e. The highest BCUT2D eigenvalue weighted by Gasteiger charge is 2.17. The molecule has 1 saturated heterocycles. The number of nitrogens with one attached hydrogen (secondary N) is 1. The summed E-state index contributed by atoms with van der Waals surface area (Å²) < 4.78 is 6.05. The zero-order valence-corrected chi connectivity index (χ0v) is 9.84. The van der Waals surface area contributed by atoms with E-state index in [1.165, 1.54) is 64.5 Å². The minimum atomic E-state index is 0.593. The molecule has 1 aliphatic heterocycles. The fourth-order valence-electron chi connectivity index (χ4n) is 2.76. The van der Waals surface area contributed by atoms with Gasteiger partial charge in [-0.2, -0.15) is 0 Å². The normalized spacial score (nSPS) is 30.0. The van der Waals surface area contributed by atoms with Gasteiger partial charge in [-0.25, -0.2) is 0 Å². The molecule has 0 aromatic heterocycles. The Bertz CT molecular complexity index is 158.